The van der Waals surface area contributed by atoms with Gasteiger partial charge in [-0.15, -0.1) is 0 Å². The van der Waals surface area contributed by atoms with Gasteiger partial charge in [-0.3, -0.25) is 4.79 Å². The van der Waals surface area contributed by atoms with Crippen LogP contribution in [-0.2, 0) is 14.8 Å². The molecule has 0 bridgehead atoms. The van der Waals surface area contributed by atoms with Crippen LogP contribution in [0.2, 0.25) is 0 Å². The Kier molecular flexibility index (Phi) is 4.19. The molecule has 3 rings (SSSR count). The van der Waals surface area contributed by atoms with E-state index in [4.69, 9.17) is 0 Å². The predicted molar refractivity (Wildman–Crippen MR) is 91.0 cm³/mol. The van der Waals surface area contributed by atoms with Crippen molar-refractivity contribution in [1.82, 2.24) is 4.31 Å². The van der Waals surface area contributed by atoms with Crippen LogP contribution in [0.4, 0.5) is 0 Å². The summed E-state index contributed by atoms with van der Waals surface area (Å²) in [7, 11) is -3.70. The molecule has 6 heteroatoms. The Morgan fingerprint density at radius 3 is 2.38 bits per heavy atom. The molecule has 0 amide bonds. The van der Waals surface area contributed by atoms with Crippen LogP contribution in [0.25, 0.3) is 11.1 Å². The number of hydrogen-bond acceptors (Lipinski definition) is 3. The lowest BCUT2D eigenvalue weighted by Gasteiger charge is -2.20. The number of benzene rings is 2. The van der Waals surface area contributed by atoms with Crippen molar-refractivity contribution in [2.24, 2.45) is 5.41 Å². The fourth-order valence-electron chi connectivity index (χ4n) is 2.91. The Bertz CT molecular complexity index is 864. The Labute approximate surface area is 141 Å². The molecule has 1 fully saturated rings. The minimum atomic E-state index is -3.70. The van der Waals surface area contributed by atoms with Crippen LogP contribution in [-0.4, -0.2) is 36.9 Å². The molecule has 1 atom stereocenters. The van der Waals surface area contributed by atoms with E-state index in [0.717, 1.165) is 11.1 Å². The summed E-state index contributed by atoms with van der Waals surface area (Å²) in [6.45, 7) is 1.81. The molecule has 0 aliphatic carbocycles. The van der Waals surface area contributed by atoms with Gasteiger partial charge in [-0.2, -0.15) is 4.31 Å². The van der Waals surface area contributed by atoms with Crippen molar-refractivity contribution in [2.45, 2.75) is 18.2 Å². The third-order valence-electron chi connectivity index (χ3n) is 4.53. The van der Waals surface area contributed by atoms with E-state index in [2.05, 4.69) is 0 Å². The van der Waals surface area contributed by atoms with Crippen LogP contribution in [0.5, 0.6) is 0 Å². The average molecular weight is 345 g/mol. The van der Waals surface area contributed by atoms with Gasteiger partial charge < -0.3 is 5.11 Å². The summed E-state index contributed by atoms with van der Waals surface area (Å²) < 4.78 is 27.0. The van der Waals surface area contributed by atoms with E-state index < -0.39 is 21.4 Å². The molecular weight excluding hydrogens is 326 g/mol. The van der Waals surface area contributed by atoms with Crippen LogP contribution in [0.3, 0.4) is 0 Å². The van der Waals surface area contributed by atoms with Crippen molar-refractivity contribution in [3.63, 3.8) is 0 Å². The molecule has 1 heterocycles. The smallest absolute Gasteiger partial charge is 0.310 e. The number of hydrogen-bond donors (Lipinski definition) is 1. The summed E-state index contributed by atoms with van der Waals surface area (Å²) in [6, 6.07) is 16.3. The van der Waals surface area contributed by atoms with E-state index in [-0.39, 0.29) is 18.0 Å². The fourth-order valence-corrected chi connectivity index (χ4v) is 4.53. The molecular formula is C18H19NO4S. The van der Waals surface area contributed by atoms with Gasteiger partial charge >= 0.3 is 5.97 Å². The number of sulfonamides is 1. The molecule has 0 radical (unpaired) electrons. The highest BCUT2D eigenvalue weighted by atomic mass is 32.2. The lowest BCUT2D eigenvalue weighted by Crippen LogP contribution is -2.34. The zero-order valence-corrected chi connectivity index (χ0v) is 14.2. The summed E-state index contributed by atoms with van der Waals surface area (Å²) >= 11 is 0. The molecule has 1 saturated heterocycles. The van der Waals surface area contributed by atoms with Gasteiger partial charge in [0, 0.05) is 13.1 Å². The Balaban J connectivity index is 1.93. The van der Waals surface area contributed by atoms with Crippen LogP contribution in [0.1, 0.15) is 13.3 Å². The van der Waals surface area contributed by atoms with Crippen molar-refractivity contribution < 1.29 is 18.3 Å². The second-order valence-electron chi connectivity index (χ2n) is 6.35. The maximum absolute atomic E-state index is 12.9. The van der Waals surface area contributed by atoms with Crippen LogP contribution >= 0.6 is 0 Å². The van der Waals surface area contributed by atoms with Crippen molar-refractivity contribution in [2.75, 3.05) is 13.1 Å². The van der Waals surface area contributed by atoms with E-state index in [9.17, 15) is 18.3 Å². The first-order valence-corrected chi connectivity index (χ1v) is 9.16. The maximum atomic E-state index is 12.9. The predicted octanol–water partition coefficient (Wildman–Crippen LogP) is 2.84. The number of carboxylic acids is 1. The van der Waals surface area contributed by atoms with Gasteiger partial charge in [0.15, 0.2) is 0 Å². The van der Waals surface area contributed by atoms with Gasteiger partial charge in [0.25, 0.3) is 0 Å². The van der Waals surface area contributed by atoms with E-state index in [1.165, 1.54) is 4.31 Å². The monoisotopic (exact) mass is 345 g/mol. The van der Waals surface area contributed by atoms with Gasteiger partial charge in [0.05, 0.1) is 10.3 Å². The van der Waals surface area contributed by atoms with E-state index in [0.29, 0.717) is 6.42 Å². The molecule has 5 nitrogen and oxygen atoms in total. The second kappa shape index (κ2) is 6.03. The van der Waals surface area contributed by atoms with E-state index >= 15 is 0 Å². The quantitative estimate of drug-likeness (QED) is 0.924. The normalized spacial score (nSPS) is 21.7. The number of aliphatic carboxylic acids is 1. The molecule has 1 N–H and O–H groups in total. The lowest BCUT2D eigenvalue weighted by atomic mass is 9.90. The average Bonchev–Trinajstić information content (AvgIpc) is 3.00. The third-order valence-corrected chi connectivity index (χ3v) is 6.37. The Hall–Kier alpha value is -2.18. The standard InChI is InChI=1S/C18H19NO4S/c1-18(17(20)21)10-11-19(13-18)24(22,23)16-9-5-8-15(12-16)14-6-3-2-4-7-14/h2-9,12H,10-11,13H2,1H3,(H,20,21). The van der Waals surface area contributed by atoms with Gasteiger partial charge in [-0.1, -0.05) is 42.5 Å². The minimum Gasteiger partial charge on any atom is -0.481 e. The first-order valence-electron chi connectivity index (χ1n) is 7.72. The highest BCUT2D eigenvalue weighted by Gasteiger charge is 2.44. The molecule has 24 heavy (non-hydrogen) atoms. The first-order chi connectivity index (χ1) is 11.3. The molecule has 0 saturated carbocycles. The molecule has 1 unspecified atom stereocenters. The molecule has 1 aliphatic heterocycles. The van der Waals surface area contributed by atoms with Crippen molar-refractivity contribution in [1.29, 1.82) is 0 Å². The summed E-state index contributed by atoms with van der Waals surface area (Å²) in [5.74, 6) is -0.960. The lowest BCUT2D eigenvalue weighted by molar-refractivity contribution is -0.146. The van der Waals surface area contributed by atoms with Crippen LogP contribution in [0.15, 0.2) is 59.5 Å². The number of carbonyl (C=O) groups is 1. The zero-order chi connectivity index (χ0) is 17.4. The number of nitrogens with zero attached hydrogens (tertiary/aromatic N) is 1. The highest BCUT2D eigenvalue weighted by Crippen LogP contribution is 2.34. The maximum Gasteiger partial charge on any atom is 0.310 e. The number of rotatable bonds is 4. The summed E-state index contributed by atoms with van der Waals surface area (Å²) in [4.78, 5) is 11.5. The van der Waals surface area contributed by atoms with Crippen molar-refractivity contribution in [3.05, 3.63) is 54.6 Å². The molecule has 0 aromatic heterocycles. The Morgan fingerprint density at radius 1 is 1.08 bits per heavy atom. The molecule has 0 spiro atoms. The second-order valence-corrected chi connectivity index (χ2v) is 8.29. The third kappa shape index (κ3) is 2.95. The van der Waals surface area contributed by atoms with Crippen LogP contribution < -0.4 is 0 Å². The van der Waals surface area contributed by atoms with Gasteiger partial charge in [-0.05, 0) is 36.6 Å². The molecule has 2 aromatic rings. The van der Waals surface area contributed by atoms with E-state index in [1.807, 2.05) is 36.4 Å². The van der Waals surface area contributed by atoms with Gasteiger partial charge in [0.1, 0.15) is 0 Å². The molecule has 2 aromatic carbocycles. The summed E-state index contributed by atoms with van der Waals surface area (Å²) in [6.07, 6.45) is 0.319. The SMILES string of the molecule is CC1(C(=O)O)CCN(S(=O)(=O)c2cccc(-c3ccccc3)c2)C1. The molecule has 1 aliphatic rings. The summed E-state index contributed by atoms with van der Waals surface area (Å²) in [5.41, 5.74) is 0.729. The van der Waals surface area contributed by atoms with Crippen molar-refractivity contribution in [3.8, 4) is 11.1 Å². The van der Waals surface area contributed by atoms with E-state index in [1.54, 1.807) is 25.1 Å². The largest absolute Gasteiger partial charge is 0.481 e. The highest BCUT2D eigenvalue weighted by molar-refractivity contribution is 7.89. The fraction of sp³-hybridized carbons (Fsp3) is 0.278. The Morgan fingerprint density at radius 2 is 1.75 bits per heavy atom. The minimum absolute atomic E-state index is 0.000229. The molecule has 126 valence electrons. The van der Waals surface area contributed by atoms with Gasteiger partial charge in [-0.25, -0.2) is 8.42 Å². The number of carboxylic acid groups (broad SMARTS) is 1. The van der Waals surface area contributed by atoms with Crippen molar-refractivity contribution >= 4 is 16.0 Å². The topological polar surface area (TPSA) is 74.7 Å². The van der Waals surface area contributed by atoms with Gasteiger partial charge in [0.2, 0.25) is 10.0 Å². The summed E-state index contributed by atoms with van der Waals surface area (Å²) in [5, 5.41) is 9.30. The zero-order valence-electron chi connectivity index (χ0n) is 13.3. The van der Waals surface area contributed by atoms with Crippen LogP contribution in [0, 0.1) is 5.41 Å². The first kappa shape index (κ1) is 16.7.